The maximum atomic E-state index is 5.58. The number of nitrogens with two attached hydrogens (primary N) is 1. The Labute approximate surface area is 61.9 Å². The van der Waals surface area contributed by atoms with Gasteiger partial charge in [0.15, 0.2) is 0 Å². The van der Waals surface area contributed by atoms with E-state index < -0.39 is 0 Å². The van der Waals surface area contributed by atoms with Crippen molar-refractivity contribution < 1.29 is 4.74 Å². The van der Waals surface area contributed by atoms with Gasteiger partial charge in [0.2, 0.25) is 0 Å². The molecular formula is C7H16N2O. The maximum absolute atomic E-state index is 5.58. The SMILES string of the molecule is COC1(CN)CCCNC1. The summed E-state index contributed by atoms with van der Waals surface area (Å²) in [6, 6.07) is 0. The molecule has 0 aromatic heterocycles. The average molecular weight is 144 g/mol. The molecule has 0 spiro atoms. The summed E-state index contributed by atoms with van der Waals surface area (Å²) in [5.74, 6) is 0. The van der Waals surface area contributed by atoms with Gasteiger partial charge in [-0.2, -0.15) is 0 Å². The molecule has 0 aromatic carbocycles. The Morgan fingerprint density at radius 1 is 1.70 bits per heavy atom. The van der Waals surface area contributed by atoms with Crippen LogP contribution >= 0.6 is 0 Å². The van der Waals surface area contributed by atoms with Crippen LogP contribution in [0.25, 0.3) is 0 Å². The Morgan fingerprint density at radius 3 is 2.80 bits per heavy atom. The zero-order chi connectivity index (χ0) is 7.45. The molecule has 1 heterocycles. The fourth-order valence-electron chi connectivity index (χ4n) is 1.37. The molecule has 3 N–H and O–H groups in total. The summed E-state index contributed by atoms with van der Waals surface area (Å²) < 4.78 is 5.34. The lowest BCUT2D eigenvalue weighted by Crippen LogP contribution is -2.51. The normalized spacial score (nSPS) is 34.2. The highest BCUT2D eigenvalue weighted by Gasteiger charge is 2.29. The Hall–Kier alpha value is -0.120. The van der Waals surface area contributed by atoms with E-state index in [1.54, 1.807) is 7.11 Å². The molecule has 0 radical (unpaired) electrons. The first kappa shape index (κ1) is 7.98. The van der Waals surface area contributed by atoms with Crippen LogP contribution in [0.2, 0.25) is 0 Å². The van der Waals surface area contributed by atoms with Crippen molar-refractivity contribution >= 4 is 0 Å². The molecule has 1 unspecified atom stereocenters. The highest BCUT2D eigenvalue weighted by molar-refractivity contribution is 4.87. The lowest BCUT2D eigenvalue weighted by atomic mass is 9.94. The minimum atomic E-state index is -0.0712. The van der Waals surface area contributed by atoms with E-state index in [9.17, 15) is 0 Å². The quantitative estimate of drug-likeness (QED) is 0.560. The first-order chi connectivity index (χ1) is 4.83. The van der Waals surface area contributed by atoms with E-state index in [-0.39, 0.29) is 5.60 Å². The molecule has 0 aromatic rings. The van der Waals surface area contributed by atoms with Crippen molar-refractivity contribution in [2.24, 2.45) is 5.73 Å². The lowest BCUT2D eigenvalue weighted by Gasteiger charge is -2.35. The van der Waals surface area contributed by atoms with E-state index >= 15 is 0 Å². The van der Waals surface area contributed by atoms with Crippen LogP contribution < -0.4 is 11.1 Å². The first-order valence-electron chi connectivity index (χ1n) is 3.79. The van der Waals surface area contributed by atoms with E-state index in [0.29, 0.717) is 6.54 Å². The van der Waals surface area contributed by atoms with Gasteiger partial charge in [-0.3, -0.25) is 0 Å². The number of methoxy groups -OCH3 is 1. The molecule has 10 heavy (non-hydrogen) atoms. The standard InChI is InChI=1S/C7H16N2O/c1-10-7(5-8)3-2-4-9-6-7/h9H,2-6,8H2,1H3. The topological polar surface area (TPSA) is 47.3 Å². The van der Waals surface area contributed by atoms with Gasteiger partial charge in [-0.25, -0.2) is 0 Å². The molecule has 1 rings (SSSR count). The molecule has 0 aliphatic carbocycles. The molecule has 1 atom stereocenters. The largest absolute Gasteiger partial charge is 0.376 e. The van der Waals surface area contributed by atoms with E-state index in [0.717, 1.165) is 19.5 Å². The van der Waals surface area contributed by atoms with Crippen molar-refractivity contribution in [3.05, 3.63) is 0 Å². The van der Waals surface area contributed by atoms with Gasteiger partial charge in [-0.05, 0) is 19.4 Å². The van der Waals surface area contributed by atoms with Gasteiger partial charge >= 0.3 is 0 Å². The highest BCUT2D eigenvalue weighted by Crippen LogP contribution is 2.17. The number of ether oxygens (including phenoxy) is 1. The zero-order valence-electron chi connectivity index (χ0n) is 6.52. The van der Waals surface area contributed by atoms with Crippen LogP contribution in [0.4, 0.5) is 0 Å². The number of hydrogen-bond acceptors (Lipinski definition) is 3. The third kappa shape index (κ3) is 1.48. The Morgan fingerprint density at radius 2 is 2.50 bits per heavy atom. The summed E-state index contributed by atoms with van der Waals surface area (Å²) in [5.41, 5.74) is 5.51. The Balaban J connectivity index is 2.44. The minimum Gasteiger partial charge on any atom is -0.376 e. The maximum Gasteiger partial charge on any atom is 0.0924 e. The molecule has 0 amide bonds. The second kappa shape index (κ2) is 3.32. The van der Waals surface area contributed by atoms with Gasteiger partial charge in [0.1, 0.15) is 0 Å². The first-order valence-corrected chi connectivity index (χ1v) is 3.79. The molecule has 0 bridgehead atoms. The number of hydrogen-bond donors (Lipinski definition) is 2. The summed E-state index contributed by atoms with van der Waals surface area (Å²) in [5, 5.41) is 3.27. The predicted octanol–water partition coefficient (Wildman–Crippen LogP) is -0.286. The molecule has 60 valence electrons. The third-order valence-electron chi connectivity index (χ3n) is 2.24. The van der Waals surface area contributed by atoms with E-state index in [4.69, 9.17) is 10.5 Å². The molecule has 1 aliphatic rings. The molecule has 1 aliphatic heterocycles. The third-order valence-corrected chi connectivity index (χ3v) is 2.24. The van der Waals surface area contributed by atoms with Gasteiger partial charge in [-0.1, -0.05) is 0 Å². The van der Waals surface area contributed by atoms with E-state index in [2.05, 4.69) is 5.32 Å². The Bertz CT molecular complexity index is 93.8. The monoisotopic (exact) mass is 144 g/mol. The van der Waals surface area contributed by atoms with Crippen molar-refractivity contribution in [3.63, 3.8) is 0 Å². The van der Waals surface area contributed by atoms with Crippen LogP contribution in [0, 0.1) is 0 Å². The fourth-order valence-corrected chi connectivity index (χ4v) is 1.37. The van der Waals surface area contributed by atoms with Gasteiger partial charge in [0.25, 0.3) is 0 Å². The van der Waals surface area contributed by atoms with Crippen LogP contribution in [0.15, 0.2) is 0 Å². The van der Waals surface area contributed by atoms with Gasteiger partial charge in [0.05, 0.1) is 5.60 Å². The van der Waals surface area contributed by atoms with Crippen molar-refractivity contribution in [1.29, 1.82) is 0 Å². The van der Waals surface area contributed by atoms with Crippen LogP contribution in [0.1, 0.15) is 12.8 Å². The summed E-state index contributed by atoms with van der Waals surface area (Å²) in [6.45, 7) is 2.63. The van der Waals surface area contributed by atoms with Crippen LogP contribution in [0.5, 0.6) is 0 Å². The second-order valence-electron chi connectivity index (χ2n) is 2.87. The van der Waals surface area contributed by atoms with E-state index in [1.807, 2.05) is 0 Å². The number of piperidine rings is 1. The van der Waals surface area contributed by atoms with Crippen molar-refractivity contribution in [2.75, 3.05) is 26.7 Å². The molecule has 3 nitrogen and oxygen atoms in total. The predicted molar refractivity (Wildman–Crippen MR) is 40.9 cm³/mol. The fraction of sp³-hybridized carbons (Fsp3) is 1.00. The van der Waals surface area contributed by atoms with E-state index in [1.165, 1.54) is 6.42 Å². The summed E-state index contributed by atoms with van der Waals surface area (Å²) in [4.78, 5) is 0. The van der Waals surface area contributed by atoms with Crippen LogP contribution in [0.3, 0.4) is 0 Å². The summed E-state index contributed by atoms with van der Waals surface area (Å²) in [6.07, 6.45) is 2.26. The molecule has 1 fully saturated rings. The number of rotatable bonds is 2. The smallest absolute Gasteiger partial charge is 0.0924 e. The van der Waals surface area contributed by atoms with Crippen molar-refractivity contribution in [1.82, 2.24) is 5.32 Å². The highest BCUT2D eigenvalue weighted by atomic mass is 16.5. The van der Waals surface area contributed by atoms with Crippen LogP contribution in [-0.4, -0.2) is 32.3 Å². The summed E-state index contributed by atoms with van der Waals surface area (Å²) >= 11 is 0. The molecule has 0 saturated carbocycles. The molecular weight excluding hydrogens is 128 g/mol. The molecule has 1 saturated heterocycles. The molecule has 3 heteroatoms. The summed E-state index contributed by atoms with van der Waals surface area (Å²) in [7, 11) is 1.74. The second-order valence-corrected chi connectivity index (χ2v) is 2.87. The number of nitrogens with one attached hydrogen (secondary N) is 1. The average Bonchev–Trinajstić information content (AvgIpc) is 2.06. The zero-order valence-corrected chi connectivity index (χ0v) is 6.52. The van der Waals surface area contributed by atoms with Crippen LogP contribution in [-0.2, 0) is 4.74 Å². The van der Waals surface area contributed by atoms with Gasteiger partial charge in [-0.15, -0.1) is 0 Å². The lowest BCUT2D eigenvalue weighted by molar-refractivity contribution is -0.0204. The van der Waals surface area contributed by atoms with Crippen molar-refractivity contribution in [3.8, 4) is 0 Å². The Kier molecular flexibility index (Phi) is 2.65. The van der Waals surface area contributed by atoms with Gasteiger partial charge in [0, 0.05) is 20.2 Å². The van der Waals surface area contributed by atoms with Crippen molar-refractivity contribution in [2.45, 2.75) is 18.4 Å². The van der Waals surface area contributed by atoms with Gasteiger partial charge < -0.3 is 15.8 Å². The minimum absolute atomic E-state index is 0.0712.